The Balaban J connectivity index is 2.09. The van der Waals surface area contributed by atoms with Gasteiger partial charge in [-0.15, -0.1) is 0 Å². The van der Waals surface area contributed by atoms with Crippen molar-refractivity contribution < 1.29 is 14.7 Å². The maximum atomic E-state index is 12.1. The van der Waals surface area contributed by atoms with E-state index in [2.05, 4.69) is 10.3 Å². The van der Waals surface area contributed by atoms with Crippen LogP contribution in [0.4, 0.5) is 0 Å². The normalized spacial score (nSPS) is 22.8. The van der Waals surface area contributed by atoms with Crippen LogP contribution in [0, 0.1) is 5.92 Å². The molecule has 1 aliphatic rings. The van der Waals surface area contributed by atoms with Crippen LogP contribution in [-0.4, -0.2) is 28.0 Å². The highest BCUT2D eigenvalue weighted by Crippen LogP contribution is 2.25. The Bertz CT molecular complexity index is 493. The molecule has 0 radical (unpaired) electrons. The lowest BCUT2D eigenvalue weighted by Gasteiger charge is -2.29. The number of carbonyl (C=O) groups excluding carboxylic acids is 1. The summed E-state index contributed by atoms with van der Waals surface area (Å²) in [6, 6.07) is 1.20. The van der Waals surface area contributed by atoms with E-state index in [1.807, 2.05) is 0 Å². The summed E-state index contributed by atoms with van der Waals surface area (Å²) in [6.07, 6.45) is 5.98. The van der Waals surface area contributed by atoms with Crippen LogP contribution < -0.4 is 5.32 Å². The summed E-state index contributed by atoms with van der Waals surface area (Å²) < 4.78 is 0. The molecule has 0 aliphatic heterocycles. The van der Waals surface area contributed by atoms with Gasteiger partial charge in [0.15, 0.2) is 0 Å². The van der Waals surface area contributed by atoms with Crippen molar-refractivity contribution in [3.63, 3.8) is 0 Å². The summed E-state index contributed by atoms with van der Waals surface area (Å²) in [6.45, 7) is 0. The van der Waals surface area contributed by atoms with E-state index >= 15 is 0 Å². The van der Waals surface area contributed by atoms with Gasteiger partial charge in [-0.05, 0) is 18.9 Å². The number of carboxylic acid groups (broad SMARTS) is 1. The van der Waals surface area contributed by atoms with E-state index in [0.717, 1.165) is 12.8 Å². The van der Waals surface area contributed by atoms with Gasteiger partial charge in [0, 0.05) is 18.4 Å². The molecule has 1 heterocycles. The fourth-order valence-electron chi connectivity index (χ4n) is 2.39. The molecule has 6 heteroatoms. The molecule has 1 aromatic heterocycles. The summed E-state index contributed by atoms with van der Waals surface area (Å²) in [5, 5.41) is 12.2. The van der Waals surface area contributed by atoms with Crippen molar-refractivity contribution >= 4 is 23.5 Å². The predicted molar refractivity (Wildman–Crippen MR) is 70.1 cm³/mol. The van der Waals surface area contributed by atoms with Crippen LogP contribution in [0.1, 0.15) is 36.0 Å². The van der Waals surface area contributed by atoms with Gasteiger partial charge < -0.3 is 10.4 Å². The molecular weight excluding hydrogens is 268 g/mol. The van der Waals surface area contributed by atoms with Crippen LogP contribution in [0.25, 0.3) is 0 Å². The molecule has 0 aromatic carbocycles. The van der Waals surface area contributed by atoms with Crippen LogP contribution in [0.5, 0.6) is 0 Å². The van der Waals surface area contributed by atoms with Gasteiger partial charge in [0.25, 0.3) is 5.91 Å². The van der Waals surface area contributed by atoms with Gasteiger partial charge in [-0.2, -0.15) is 0 Å². The molecular formula is C13H15ClN2O3. The van der Waals surface area contributed by atoms with E-state index in [1.165, 1.54) is 18.5 Å². The number of carbonyl (C=O) groups is 2. The molecule has 1 amide bonds. The number of nitrogens with one attached hydrogen (secondary N) is 1. The Labute approximate surface area is 116 Å². The Morgan fingerprint density at radius 3 is 2.79 bits per heavy atom. The van der Waals surface area contributed by atoms with E-state index in [1.54, 1.807) is 0 Å². The standard InChI is InChI=1S/C13H15ClN2O3/c14-10-5-6-15-7-9(10)12(17)16-11-4-2-1-3-8(11)13(18)19/h5-8,11H,1-4H2,(H,16,17)(H,18,19). The molecule has 1 saturated carbocycles. The minimum Gasteiger partial charge on any atom is -0.481 e. The molecule has 2 rings (SSSR count). The molecule has 102 valence electrons. The molecule has 0 saturated heterocycles. The van der Waals surface area contributed by atoms with Gasteiger partial charge >= 0.3 is 5.97 Å². The smallest absolute Gasteiger partial charge is 0.308 e. The van der Waals surface area contributed by atoms with E-state index in [-0.39, 0.29) is 17.5 Å². The van der Waals surface area contributed by atoms with Gasteiger partial charge in [-0.1, -0.05) is 24.4 Å². The first-order valence-corrected chi connectivity index (χ1v) is 6.60. The minimum absolute atomic E-state index is 0.277. The van der Waals surface area contributed by atoms with Crippen LogP contribution in [0.15, 0.2) is 18.5 Å². The molecule has 1 fully saturated rings. The molecule has 5 nitrogen and oxygen atoms in total. The quantitative estimate of drug-likeness (QED) is 0.890. The largest absolute Gasteiger partial charge is 0.481 e. The summed E-state index contributed by atoms with van der Waals surface area (Å²) in [5.74, 6) is -1.74. The maximum Gasteiger partial charge on any atom is 0.308 e. The third-order valence-electron chi connectivity index (χ3n) is 3.41. The molecule has 0 spiro atoms. The Kier molecular flexibility index (Phi) is 4.37. The highest BCUT2D eigenvalue weighted by molar-refractivity contribution is 6.33. The van der Waals surface area contributed by atoms with Crippen molar-refractivity contribution in [1.82, 2.24) is 10.3 Å². The van der Waals surface area contributed by atoms with Crippen molar-refractivity contribution in [3.8, 4) is 0 Å². The topological polar surface area (TPSA) is 79.3 Å². The second kappa shape index (κ2) is 6.02. The van der Waals surface area contributed by atoms with Crippen molar-refractivity contribution in [3.05, 3.63) is 29.0 Å². The number of aliphatic carboxylic acids is 1. The molecule has 1 aromatic rings. The zero-order valence-electron chi connectivity index (χ0n) is 10.3. The molecule has 2 unspecified atom stereocenters. The van der Waals surface area contributed by atoms with Gasteiger partial charge in [0.2, 0.25) is 0 Å². The van der Waals surface area contributed by atoms with Crippen molar-refractivity contribution in [2.75, 3.05) is 0 Å². The zero-order chi connectivity index (χ0) is 13.8. The lowest BCUT2D eigenvalue weighted by atomic mass is 9.84. The van der Waals surface area contributed by atoms with Crippen molar-refractivity contribution in [1.29, 1.82) is 0 Å². The highest BCUT2D eigenvalue weighted by Gasteiger charge is 2.32. The fourth-order valence-corrected chi connectivity index (χ4v) is 2.58. The Hall–Kier alpha value is -1.62. The SMILES string of the molecule is O=C(NC1CCCCC1C(=O)O)c1cnccc1Cl. The van der Waals surface area contributed by atoms with Gasteiger partial charge in [0.1, 0.15) is 0 Å². The second-order valence-electron chi connectivity index (χ2n) is 4.66. The number of hydrogen-bond donors (Lipinski definition) is 2. The second-order valence-corrected chi connectivity index (χ2v) is 5.07. The molecule has 2 N–H and O–H groups in total. The summed E-state index contributed by atoms with van der Waals surface area (Å²) >= 11 is 5.92. The average molecular weight is 283 g/mol. The first-order valence-electron chi connectivity index (χ1n) is 6.23. The number of amides is 1. The van der Waals surface area contributed by atoms with E-state index < -0.39 is 11.9 Å². The first-order chi connectivity index (χ1) is 9.09. The number of carboxylic acids is 1. The Morgan fingerprint density at radius 2 is 2.11 bits per heavy atom. The summed E-state index contributed by atoms with van der Waals surface area (Å²) in [5.41, 5.74) is 0.277. The van der Waals surface area contributed by atoms with Crippen LogP contribution in [0.3, 0.4) is 0 Å². The van der Waals surface area contributed by atoms with Crippen molar-refractivity contribution in [2.45, 2.75) is 31.7 Å². The minimum atomic E-state index is -0.859. The average Bonchev–Trinajstić information content (AvgIpc) is 2.39. The monoisotopic (exact) mass is 282 g/mol. The van der Waals surface area contributed by atoms with Crippen molar-refractivity contribution in [2.24, 2.45) is 5.92 Å². The van der Waals surface area contributed by atoms with Crippen LogP contribution >= 0.6 is 11.6 Å². The van der Waals surface area contributed by atoms with E-state index in [4.69, 9.17) is 16.7 Å². The van der Waals surface area contributed by atoms with Gasteiger partial charge in [0.05, 0.1) is 16.5 Å². The highest BCUT2D eigenvalue weighted by atomic mass is 35.5. The number of aromatic nitrogens is 1. The lowest BCUT2D eigenvalue weighted by molar-refractivity contribution is -0.143. The number of halogens is 1. The van der Waals surface area contributed by atoms with Gasteiger partial charge in [-0.3, -0.25) is 14.6 Å². The van der Waals surface area contributed by atoms with E-state index in [0.29, 0.717) is 17.9 Å². The zero-order valence-corrected chi connectivity index (χ0v) is 11.1. The Morgan fingerprint density at radius 1 is 1.37 bits per heavy atom. The fraction of sp³-hybridized carbons (Fsp3) is 0.462. The summed E-state index contributed by atoms with van der Waals surface area (Å²) in [4.78, 5) is 27.1. The number of rotatable bonds is 3. The van der Waals surface area contributed by atoms with Crippen LogP contribution in [0.2, 0.25) is 5.02 Å². The number of nitrogens with zero attached hydrogens (tertiary/aromatic N) is 1. The lowest BCUT2D eigenvalue weighted by Crippen LogP contribution is -2.45. The molecule has 2 atom stereocenters. The van der Waals surface area contributed by atoms with Gasteiger partial charge in [-0.25, -0.2) is 0 Å². The number of pyridine rings is 1. The van der Waals surface area contributed by atoms with E-state index in [9.17, 15) is 9.59 Å². The first kappa shape index (κ1) is 13.8. The van der Waals surface area contributed by atoms with Crippen LogP contribution in [-0.2, 0) is 4.79 Å². The molecule has 19 heavy (non-hydrogen) atoms. The maximum absolute atomic E-state index is 12.1. The molecule has 0 bridgehead atoms. The molecule has 1 aliphatic carbocycles. The number of hydrogen-bond acceptors (Lipinski definition) is 3. The third-order valence-corrected chi connectivity index (χ3v) is 3.74. The summed E-state index contributed by atoms with van der Waals surface area (Å²) in [7, 11) is 0. The third kappa shape index (κ3) is 3.23. The predicted octanol–water partition coefficient (Wildman–Crippen LogP) is 2.11.